The summed E-state index contributed by atoms with van der Waals surface area (Å²) in [7, 11) is 1.60. The van der Waals surface area contributed by atoms with Gasteiger partial charge in [0, 0.05) is 34.1 Å². The van der Waals surface area contributed by atoms with Gasteiger partial charge in [0.05, 0.1) is 25.8 Å². The number of nitrogens with zero attached hydrogens (tertiary/aromatic N) is 2. The number of ether oxygens (including phenoxy) is 4. The van der Waals surface area contributed by atoms with E-state index in [-0.39, 0.29) is 29.5 Å². The third-order valence-electron chi connectivity index (χ3n) is 10.6. The number of aromatic nitrogens is 1. The van der Waals surface area contributed by atoms with E-state index in [1.54, 1.807) is 33.9 Å². The van der Waals surface area contributed by atoms with Gasteiger partial charge in [0.1, 0.15) is 40.8 Å². The summed E-state index contributed by atoms with van der Waals surface area (Å²) in [5.74, 6) is 0.285. The van der Waals surface area contributed by atoms with Crippen LogP contribution in [0.25, 0.3) is 10.9 Å². The highest BCUT2D eigenvalue weighted by molar-refractivity contribution is 7.99. The van der Waals surface area contributed by atoms with Gasteiger partial charge >= 0.3 is 6.09 Å². The predicted octanol–water partition coefficient (Wildman–Crippen LogP) is 5.90. The Morgan fingerprint density at radius 3 is 2.61 bits per heavy atom. The molecular formula is C40H55N5O8S. The number of methoxy groups -OCH3 is 1. The summed E-state index contributed by atoms with van der Waals surface area (Å²) in [6.07, 6.45) is 9.05. The average Bonchev–Trinajstić information content (AvgIpc) is 3.98. The molecule has 3 fully saturated rings. The van der Waals surface area contributed by atoms with Gasteiger partial charge in [0.2, 0.25) is 17.7 Å². The fourth-order valence-electron chi connectivity index (χ4n) is 7.23. The van der Waals surface area contributed by atoms with Crippen LogP contribution in [0.4, 0.5) is 4.79 Å². The van der Waals surface area contributed by atoms with Crippen LogP contribution >= 0.6 is 11.9 Å². The summed E-state index contributed by atoms with van der Waals surface area (Å²) < 4.78 is 26.6. The number of fused-ring (bicyclic) bond motifs is 3. The van der Waals surface area contributed by atoms with Gasteiger partial charge in [-0.15, -0.1) is 0 Å². The first-order chi connectivity index (χ1) is 25.6. The molecule has 14 heteroatoms. The number of amides is 4. The van der Waals surface area contributed by atoms with E-state index in [9.17, 15) is 19.2 Å². The van der Waals surface area contributed by atoms with Crippen molar-refractivity contribution in [2.24, 2.45) is 5.92 Å². The second-order valence-electron chi connectivity index (χ2n) is 16.2. The summed E-state index contributed by atoms with van der Waals surface area (Å²) in [5, 5.41) is 6.65. The maximum Gasteiger partial charge on any atom is 0.408 e. The largest absolute Gasteiger partial charge is 0.496 e. The standard InChI is InChI=1S/C40H55N5O8S/c1-8-51-32-21-31(27-16-17-30(50-7)24(2)33(27)42-32)52-26-20-29-34(46)43-40(36(48)44-54-39(6)18-19-39)22-25(40)14-12-10-9-11-13-15-28(35(47)45(29)23-26)41-37(49)53-38(3,4)5/h12,14,16-17,21,25-26,28-29H,8-11,13,15,18-20,22-23H2,1-7H3,(H,41,49)(H,43,46)(H,44,48)/b14-12-/t25-,26-,28+,29+,40-/m1/s1. The Balaban J connectivity index is 1.33. The van der Waals surface area contributed by atoms with E-state index in [4.69, 9.17) is 23.9 Å². The third kappa shape index (κ3) is 9.01. The number of pyridine rings is 1. The molecule has 1 saturated heterocycles. The lowest BCUT2D eigenvalue weighted by Crippen LogP contribution is -2.57. The average molecular weight is 766 g/mol. The Morgan fingerprint density at radius 1 is 1.13 bits per heavy atom. The molecule has 2 aliphatic heterocycles. The van der Waals surface area contributed by atoms with Crippen molar-refractivity contribution in [3.05, 3.63) is 35.9 Å². The van der Waals surface area contributed by atoms with E-state index in [0.717, 1.165) is 43.1 Å². The number of carbonyl (C=O) groups excluding carboxylic acids is 4. The first kappa shape index (κ1) is 39.5. The van der Waals surface area contributed by atoms with Crippen LogP contribution in [0.1, 0.15) is 98.0 Å². The van der Waals surface area contributed by atoms with E-state index in [2.05, 4.69) is 28.4 Å². The topological polar surface area (TPSA) is 157 Å². The van der Waals surface area contributed by atoms with Crippen molar-refractivity contribution in [3.63, 3.8) is 0 Å². The quantitative estimate of drug-likeness (QED) is 0.207. The molecule has 0 radical (unpaired) electrons. The van der Waals surface area contributed by atoms with Crippen LogP contribution in [-0.4, -0.2) is 88.0 Å². The van der Waals surface area contributed by atoms with Gasteiger partial charge < -0.3 is 34.5 Å². The van der Waals surface area contributed by atoms with Gasteiger partial charge in [-0.25, -0.2) is 9.78 Å². The summed E-state index contributed by atoms with van der Waals surface area (Å²) in [6, 6.07) is 3.54. The molecule has 0 unspecified atom stereocenters. The summed E-state index contributed by atoms with van der Waals surface area (Å²) in [6.45, 7) is 11.7. The van der Waals surface area contributed by atoms with Gasteiger partial charge in [0.25, 0.3) is 5.91 Å². The van der Waals surface area contributed by atoms with E-state index in [1.165, 1.54) is 16.8 Å². The van der Waals surface area contributed by atoms with Crippen LogP contribution in [0.3, 0.4) is 0 Å². The fraction of sp³-hybridized carbons (Fsp3) is 0.625. The Hall–Kier alpha value is -4.20. The Kier molecular flexibility index (Phi) is 11.6. The number of allylic oxidation sites excluding steroid dienone is 1. The Morgan fingerprint density at radius 2 is 1.91 bits per heavy atom. The summed E-state index contributed by atoms with van der Waals surface area (Å²) in [4.78, 5) is 62.2. The molecule has 0 bridgehead atoms. The van der Waals surface area contributed by atoms with Crippen molar-refractivity contribution < 1.29 is 38.1 Å². The maximum atomic E-state index is 14.6. The van der Waals surface area contributed by atoms with Gasteiger partial charge in [-0.2, -0.15) is 0 Å². The first-order valence-corrected chi connectivity index (χ1v) is 20.0. The van der Waals surface area contributed by atoms with Crippen molar-refractivity contribution in [3.8, 4) is 17.4 Å². The normalized spacial score (nSPS) is 27.3. The Labute approximate surface area is 322 Å². The lowest BCUT2D eigenvalue weighted by Gasteiger charge is -2.30. The zero-order chi connectivity index (χ0) is 38.8. The van der Waals surface area contributed by atoms with Crippen LogP contribution in [0, 0.1) is 12.8 Å². The van der Waals surface area contributed by atoms with E-state index >= 15 is 0 Å². The molecule has 1 aromatic heterocycles. The van der Waals surface area contributed by atoms with Crippen LogP contribution in [0.5, 0.6) is 17.4 Å². The van der Waals surface area contributed by atoms with E-state index < -0.39 is 47.2 Å². The second kappa shape index (κ2) is 15.9. The number of rotatable bonds is 9. The third-order valence-corrected chi connectivity index (χ3v) is 11.8. The molecule has 3 heterocycles. The van der Waals surface area contributed by atoms with Crippen LogP contribution in [0.15, 0.2) is 30.4 Å². The molecule has 4 amide bonds. The van der Waals surface area contributed by atoms with Crippen molar-refractivity contribution in [2.45, 2.75) is 133 Å². The van der Waals surface area contributed by atoms with Gasteiger partial charge in [-0.1, -0.05) is 25.0 Å². The molecule has 5 atom stereocenters. The van der Waals surface area contributed by atoms with Crippen LogP contribution in [0.2, 0.25) is 0 Å². The number of nitrogens with one attached hydrogen (secondary N) is 3. The Bertz CT molecular complexity index is 1790. The predicted molar refractivity (Wildman–Crippen MR) is 206 cm³/mol. The number of hydrogen-bond donors (Lipinski definition) is 3. The molecule has 2 aromatic rings. The molecular weight excluding hydrogens is 711 g/mol. The van der Waals surface area contributed by atoms with E-state index in [1.807, 2.05) is 32.1 Å². The lowest BCUT2D eigenvalue weighted by atomic mass is 10.0. The van der Waals surface area contributed by atoms with Crippen molar-refractivity contribution >= 4 is 46.7 Å². The van der Waals surface area contributed by atoms with E-state index in [0.29, 0.717) is 48.8 Å². The minimum atomic E-state index is -1.13. The monoisotopic (exact) mass is 765 g/mol. The SMILES string of the molecule is CCOc1cc(O[C@@H]2C[C@H]3C(=O)N[C@]4(C(=O)NSC5(C)CC5)C[C@H]4/C=C\CCCCC[C@H](NC(=O)OC(C)(C)C)C(=O)N3C2)c2ccc(OC)c(C)c2n1. The fourth-order valence-corrected chi connectivity index (χ4v) is 8.06. The van der Waals surface area contributed by atoms with Crippen LogP contribution in [-0.2, 0) is 19.1 Å². The number of aryl methyl sites for hydroxylation is 1. The maximum absolute atomic E-state index is 14.6. The molecule has 13 nitrogen and oxygen atoms in total. The highest BCUT2D eigenvalue weighted by Gasteiger charge is 2.61. The van der Waals surface area contributed by atoms with Crippen molar-refractivity contribution in [1.29, 1.82) is 0 Å². The molecule has 294 valence electrons. The van der Waals surface area contributed by atoms with Crippen LogP contribution < -0.4 is 29.6 Å². The van der Waals surface area contributed by atoms with Gasteiger partial charge in [0.15, 0.2) is 0 Å². The molecule has 3 N–H and O–H groups in total. The molecule has 6 rings (SSSR count). The van der Waals surface area contributed by atoms with Gasteiger partial charge in [-0.3, -0.25) is 19.1 Å². The highest BCUT2D eigenvalue weighted by atomic mass is 32.2. The molecule has 54 heavy (non-hydrogen) atoms. The number of carbonyl (C=O) groups is 4. The minimum absolute atomic E-state index is 0.00849. The smallest absolute Gasteiger partial charge is 0.408 e. The van der Waals surface area contributed by atoms with Crippen molar-refractivity contribution in [1.82, 2.24) is 25.2 Å². The van der Waals surface area contributed by atoms with Gasteiger partial charge in [-0.05, 0) is 104 Å². The molecule has 2 aliphatic carbocycles. The first-order valence-electron chi connectivity index (χ1n) is 19.2. The molecule has 0 spiro atoms. The molecule has 1 aromatic carbocycles. The zero-order valence-electron chi connectivity index (χ0n) is 32.5. The summed E-state index contributed by atoms with van der Waals surface area (Å²) >= 11 is 1.42. The molecule has 2 saturated carbocycles. The molecule has 4 aliphatic rings. The lowest BCUT2D eigenvalue weighted by molar-refractivity contribution is -0.141. The number of alkyl carbamates (subject to hydrolysis) is 1. The second-order valence-corrected chi connectivity index (χ2v) is 17.6. The summed E-state index contributed by atoms with van der Waals surface area (Å²) in [5.41, 5.74) is -0.429. The minimum Gasteiger partial charge on any atom is -0.496 e. The number of hydrogen-bond acceptors (Lipinski definition) is 10. The van der Waals surface area contributed by atoms with Crippen molar-refractivity contribution in [2.75, 3.05) is 20.3 Å². The number of benzene rings is 1. The highest BCUT2D eigenvalue weighted by Crippen LogP contribution is 2.49. The zero-order valence-corrected chi connectivity index (χ0v) is 33.4.